The molecule has 0 bridgehead atoms. The first-order valence-corrected chi connectivity index (χ1v) is 6.17. The molecule has 0 saturated carbocycles. The molecule has 0 aliphatic carbocycles. The second-order valence-electron chi connectivity index (χ2n) is 4.28. The van der Waals surface area contributed by atoms with Gasteiger partial charge in [0.1, 0.15) is 11.5 Å². The SMILES string of the molecule is Cc1[nH]ncc1-c1noc(N)c1-c1cccc(Cl)c1F. The number of aryl methyl sites for hydroxylation is 1. The van der Waals surface area contributed by atoms with Crippen LogP contribution in [-0.2, 0) is 0 Å². The Morgan fingerprint density at radius 1 is 1.35 bits per heavy atom. The van der Waals surface area contributed by atoms with Crippen LogP contribution in [0.5, 0.6) is 0 Å². The summed E-state index contributed by atoms with van der Waals surface area (Å²) in [6.07, 6.45) is 1.58. The van der Waals surface area contributed by atoms with Crippen molar-refractivity contribution in [3.63, 3.8) is 0 Å². The number of rotatable bonds is 2. The number of nitrogens with zero attached hydrogens (tertiary/aromatic N) is 2. The van der Waals surface area contributed by atoms with Gasteiger partial charge in [0.05, 0.1) is 16.8 Å². The maximum Gasteiger partial charge on any atom is 0.230 e. The maximum atomic E-state index is 14.2. The molecular formula is C13H10ClFN4O. The van der Waals surface area contributed by atoms with Crippen LogP contribution in [0, 0.1) is 12.7 Å². The fraction of sp³-hybridized carbons (Fsp3) is 0.0769. The number of hydrogen-bond acceptors (Lipinski definition) is 4. The highest BCUT2D eigenvalue weighted by Crippen LogP contribution is 2.39. The first-order chi connectivity index (χ1) is 9.59. The van der Waals surface area contributed by atoms with Crippen molar-refractivity contribution in [3.8, 4) is 22.4 Å². The summed E-state index contributed by atoms with van der Waals surface area (Å²) in [6.45, 7) is 1.82. The summed E-state index contributed by atoms with van der Waals surface area (Å²) in [5.41, 5.74) is 8.29. The average molecular weight is 293 g/mol. The Hall–Kier alpha value is -2.34. The van der Waals surface area contributed by atoms with Crippen molar-refractivity contribution in [2.75, 3.05) is 5.73 Å². The van der Waals surface area contributed by atoms with Gasteiger partial charge in [-0.1, -0.05) is 28.9 Å². The maximum absolute atomic E-state index is 14.2. The molecule has 20 heavy (non-hydrogen) atoms. The van der Waals surface area contributed by atoms with Gasteiger partial charge in [-0.25, -0.2) is 4.39 Å². The van der Waals surface area contributed by atoms with Crippen LogP contribution >= 0.6 is 11.6 Å². The van der Waals surface area contributed by atoms with Crippen LogP contribution in [0.1, 0.15) is 5.69 Å². The minimum Gasteiger partial charge on any atom is -0.367 e. The average Bonchev–Trinajstić information content (AvgIpc) is 2.99. The minimum absolute atomic E-state index is 0.0120. The molecule has 3 aromatic rings. The van der Waals surface area contributed by atoms with Crippen molar-refractivity contribution in [2.45, 2.75) is 6.92 Å². The predicted octanol–water partition coefficient (Wildman–Crippen LogP) is 3.41. The van der Waals surface area contributed by atoms with Gasteiger partial charge in [0.25, 0.3) is 0 Å². The number of aromatic amines is 1. The molecule has 0 amide bonds. The highest BCUT2D eigenvalue weighted by molar-refractivity contribution is 6.31. The molecule has 2 heterocycles. The van der Waals surface area contributed by atoms with Gasteiger partial charge in [0.15, 0.2) is 0 Å². The Labute approximate surface area is 118 Å². The molecular weight excluding hydrogens is 283 g/mol. The molecule has 5 nitrogen and oxygen atoms in total. The first-order valence-electron chi connectivity index (χ1n) is 5.79. The molecule has 0 radical (unpaired) electrons. The third-order valence-corrected chi connectivity index (χ3v) is 3.32. The summed E-state index contributed by atoms with van der Waals surface area (Å²) in [4.78, 5) is 0. The van der Waals surface area contributed by atoms with Crippen LogP contribution in [0.3, 0.4) is 0 Å². The topological polar surface area (TPSA) is 80.7 Å². The molecule has 0 unspecified atom stereocenters. The third-order valence-electron chi connectivity index (χ3n) is 3.02. The van der Waals surface area contributed by atoms with Gasteiger partial charge in [-0.15, -0.1) is 0 Å². The zero-order valence-corrected chi connectivity index (χ0v) is 11.2. The van der Waals surface area contributed by atoms with Crippen LogP contribution in [0.15, 0.2) is 28.9 Å². The van der Waals surface area contributed by atoms with Gasteiger partial charge < -0.3 is 10.3 Å². The molecule has 0 aliphatic rings. The molecule has 3 N–H and O–H groups in total. The Balaban J connectivity index is 2.27. The molecule has 2 aromatic heterocycles. The van der Waals surface area contributed by atoms with E-state index in [1.165, 1.54) is 6.07 Å². The van der Waals surface area contributed by atoms with Crippen LogP contribution in [0.4, 0.5) is 10.3 Å². The van der Waals surface area contributed by atoms with E-state index in [1.54, 1.807) is 18.3 Å². The van der Waals surface area contributed by atoms with E-state index in [-0.39, 0.29) is 16.5 Å². The molecule has 0 aliphatic heterocycles. The lowest BCUT2D eigenvalue weighted by atomic mass is 10.0. The van der Waals surface area contributed by atoms with Crippen LogP contribution in [0.25, 0.3) is 22.4 Å². The summed E-state index contributed by atoms with van der Waals surface area (Å²) in [5, 5.41) is 10.6. The molecule has 0 fully saturated rings. The van der Waals surface area contributed by atoms with E-state index < -0.39 is 5.82 Å². The van der Waals surface area contributed by atoms with Gasteiger partial charge in [0, 0.05) is 16.8 Å². The summed E-state index contributed by atoms with van der Waals surface area (Å²) in [7, 11) is 0. The van der Waals surface area contributed by atoms with E-state index in [0.29, 0.717) is 16.8 Å². The van der Waals surface area contributed by atoms with Crippen molar-refractivity contribution >= 4 is 17.5 Å². The van der Waals surface area contributed by atoms with Crippen LogP contribution in [0.2, 0.25) is 5.02 Å². The second-order valence-corrected chi connectivity index (χ2v) is 4.69. The smallest absolute Gasteiger partial charge is 0.230 e. The van der Waals surface area contributed by atoms with E-state index in [4.69, 9.17) is 21.9 Å². The van der Waals surface area contributed by atoms with Crippen molar-refractivity contribution in [1.29, 1.82) is 0 Å². The van der Waals surface area contributed by atoms with Gasteiger partial charge in [0.2, 0.25) is 5.88 Å². The number of H-pyrrole nitrogens is 1. The van der Waals surface area contributed by atoms with Crippen molar-refractivity contribution in [2.24, 2.45) is 0 Å². The van der Waals surface area contributed by atoms with Crippen LogP contribution < -0.4 is 5.73 Å². The Bertz CT molecular complexity index is 781. The fourth-order valence-electron chi connectivity index (χ4n) is 2.03. The third kappa shape index (κ3) is 1.85. The lowest BCUT2D eigenvalue weighted by molar-refractivity contribution is 0.439. The van der Waals surface area contributed by atoms with Crippen molar-refractivity contribution in [3.05, 3.63) is 40.9 Å². The zero-order chi connectivity index (χ0) is 14.3. The predicted molar refractivity (Wildman–Crippen MR) is 73.6 cm³/mol. The lowest BCUT2D eigenvalue weighted by Crippen LogP contribution is -1.92. The largest absolute Gasteiger partial charge is 0.367 e. The fourth-order valence-corrected chi connectivity index (χ4v) is 2.21. The number of nitrogens with two attached hydrogens (primary N) is 1. The second kappa shape index (κ2) is 4.64. The minimum atomic E-state index is -0.563. The van der Waals surface area contributed by atoms with Crippen molar-refractivity contribution < 1.29 is 8.91 Å². The van der Waals surface area contributed by atoms with E-state index in [9.17, 15) is 4.39 Å². The normalized spacial score (nSPS) is 10.9. The van der Waals surface area contributed by atoms with Crippen molar-refractivity contribution in [1.82, 2.24) is 15.4 Å². The first kappa shape index (κ1) is 12.7. The summed E-state index contributed by atoms with van der Waals surface area (Å²) < 4.78 is 19.2. The number of halogens is 2. The molecule has 3 rings (SSSR count). The summed E-state index contributed by atoms with van der Waals surface area (Å²) in [6, 6.07) is 4.68. The molecule has 7 heteroatoms. The van der Waals surface area contributed by atoms with E-state index in [2.05, 4.69) is 15.4 Å². The standard InChI is InChI=1S/C13H10ClFN4O/c1-6-8(5-17-18-6)12-10(13(16)20-19-12)7-3-2-4-9(14)11(7)15/h2-5H,16H2,1H3,(H,17,18). The Morgan fingerprint density at radius 2 is 2.15 bits per heavy atom. The Kier molecular flexibility index (Phi) is 2.94. The Morgan fingerprint density at radius 3 is 2.85 bits per heavy atom. The number of anilines is 1. The molecule has 1 aromatic carbocycles. The molecule has 0 spiro atoms. The monoisotopic (exact) mass is 292 g/mol. The number of benzene rings is 1. The van der Waals surface area contributed by atoms with E-state index in [0.717, 1.165) is 5.69 Å². The van der Waals surface area contributed by atoms with Gasteiger partial charge >= 0.3 is 0 Å². The number of aromatic nitrogens is 3. The highest BCUT2D eigenvalue weighted by atomic mass is 35.5. The summed E-state index contributed by atoms with van der Waals surface area (Å²) >= 11 is 5.81. The lowest BCUT2D eigenvalue weighted by Gasteiger charge is -2.04. The molecule has 0 saturated heterocycles. The van der Waals surface area contributed by atoms with E-state index >= 15 is 0 Å². The molecule has 0 atom stereocenters. The number of hydrogen-bond donors (Lipinski definition) is 2. The van der Waals surface area contributed by atoms with Gasteiger partial charge in [-0.05, 0) is 13.0 Å². The van der Waals surface area contributed by atoms with Gasteiger partial charge in [-0.3, -0.25) is 5.10 Å². The highest BCUT2D eigenvalue weighted by Gasteiger charge is 2.23. The quantitative estimate of drug-likeness (QED) is 0.758. The van der Waals surface area contributed by atoms with E-state index in [1.807, 2.05) is 6.92 Å². The molecule has 102 valence electrons. The number of nitrogens with one attached hydrogen (secondary N) is 1. The zero-order valence-electron chi connectivity index (χ0n) is 10.4. The van der Waals surface area contributed by atoms with Gasteiger partial charge in [-0.2, -0.15) is 5.10 Å². The number of nitrogen functional groups attached to an aromatic ring is 1. The summed E-state index contributed by atoms with van der Waals surface area (Å²) in [5.74, 6) is -0.534. The van der Waals surface area contributed by atoms with Crippen LogP contribution in [-0.4, -0.2) is 15.4 Å².